The van der Waals surface area contributed by atoms with Gasteiger partial charge in [-0.3, -0.25) is 25.0 Å². The minimum atomic E-state index is -1.01. The van der Waals surface area contributed by atoms with Crippen LogP contribution in [0.25, 0.3) is 0 Å². The Bertz CT molecular complexity index is 670. The number of carboxylic acid groups (broad SMARTS) is 1. The van der Waals surface area contributed by atoms with Gasteiger partial charge in [-0.2, -0.15) is 0 Å². The van der Waals surface area contributed by atoms with E-state index in [0.29, 0.717) is 15.6 Å². The largest absolute Gasteiger partial charge is 0.481 e. The molecule has 122 valence electrons. The average molecular weight is 358 g/mol. The summed E-state index contributed by atoms with van der Waals surface area (Å²) in [5.41, 5.74) is 0.473. The van der Waals surface area contributed by atoms with Crippen LogP contribution in [0.1, 0.15) is 18.4 Å². The molecule has 0 spiro atoms. The Labute approximate surface area is 141 Å². The van der Waals surface area contributed by atoms with Gasteiger partial charge in [0.05, 0.1) is 6.42 Å². The Morgan fingerprint density at radius 2 is 1.96 bits per heavy atom. The molecule has 1 aliphatic heterocycles. The zero-order valence-corrected chi connectivity index (χ0v) is 13.3. The smallest absolute Gasteiger partial charge is 0.303 e. The quantitative estimate of drug-likeness (QED) is 0.739. The van der Waals surface area contributed by atoms with E-state index in [2.05, 4.69) is 15.6 Å². The number of benzene rings is 1. The minimum Gasteiger partial charge on any atom is -0.481 e. The van der Waals surface area contributed by atoms with E-state index in [0.717, 1.165) is 0 Å². The lowest BCUT2D eigenvalue weighted by Crippen LogP contribution is -2.41. The van der Waals surface area contributed by atoms with Crippen molar-refractivity contribution in [2.24, 2.45) is 4.99 Å². The molecule has 9 heteroatoms. The number of halogens is 2. The molecule has 0 saturated heterocycles. The van der Waals surface area contributed by atoms with Crippen molar-refractivity contribution in [2.75, 3.05) is 0 Å². The van der Waals surface area contributed by atoms with Crippen LogP contribution in [-0.2, 0) is 20.8 Å². The van der Waals surface area contributed by atoms with Crippen LogP contribution in [0.15, 0.2) is 23.2 Å². The molecule has 0 aliphatic carbocycles. The molecule has 1 aliphatic rings. The molecule has 0 bridgehead atoms. The summed E-state index contributed by atoms with van der Waals surface area (Å²) in [6, 6.07) is 4.09. The summed E-state index contributed by atoms with van der Waals surface area (Å²) in [5.74, 6) is -1.91. The molecule has 2 rings (SSSR count). The first-order valence-corrected chi connectivity index (χ1v) is 7.45. The van der Waals surface area contributed by atoms with Crippen LogP contribution in [0, 0.1) is 0 Å². The second-order valence-corrected chi connectivity index (χ2v) is 5.65. The van der Waals surface area contributed by atoms with Gasteiger partial charge >= 0.3 is 5.97 Å². The fourth-order valence-electron chi connectivity index (χ4n) is 2.00. The van der Waals surface area contributed by atoms with Gasteiger partial charge in [-0.25, -0.2) is 4.99 Å². The first-order chi connectivity index (χ1) is 10.9. The third-order valence-corrected chi connectivity index (χ3v) is 3.83. The molecule has 3 N–H and O–H groups in total. The van der Waals surface area contributed by atoms with Crippen LogP contribution in [0.5, 0.6) is 0 Å². The second kappa shape index (κ2) is 7.43. The van der Waals surface area contributed by atoms with E-state index in [-0.39, 0.29) is 25.2 Å². The molecule has 7 nitrogen and oxygen atoms in total. The van der Waals surface area contributed by atoms with E-state index in [1.165, 1.54) is 0 Å². The molecular formula is C14H13Cl2N3O4. The number of hydrogen-bond donors (Lipinski definition) is 3. The third-order valence-electron chi connectivity index (χ3n) is 3.12. The average Bonchev–Trinajstić information content (AvgIpc) is 2.80. The number of amides is 2. The summed E-state index contributed by atoms with van der Waals surface area (Å²) in [4.78, 5) is 38.1. The highest BCUT2D eigenvalue weighted by Crippen LogP contribution is 2.24. The zero-order chi connectivity index (χ0) is 17.0. The number of aliphatic carboxylic acids is 1. The summed E-state index contributed by atoms with van der Waals surface area (Å²) in [6.07, 6.45) is -0.192. The van der Waals surface area contributed by atoms with E-state index in [1.54, 1.807) is 18.2 Å². The normalized spacial score (nSPS) is 16.7. The van der Waals surface area contributed by atoms with Gasteiger partial charge in [-0.15, -0.1) is 0 Å². The summed E-state index contributed by atoms with van der Waals surface area (Å²) in [6.45, 7) is 0. The zero-order valence-electron chi connectivity index (χ0n) is 11.8. The highest BCUT2D eigenvalue weighted by molar-refractivity contribution is 6.36. The predicted molar refractivity (Wildman–Crippen MR) is 84.5 cm³/mol. The monoisotopic (exact) mass is 357 g/mol. The van der Waals surface area contributed by atoms with Crippen molar-refractivity contribution in [1.29, 1.82) is 0 Å². The SMILES string of the molecule is O=C(O)CC[C@@H]1N=C(NC(=O)Cc2c(Cl)cccc2Cl)NC1=O. The standard InChI is InChI=1S/C14H13Cl2N3O4/c15-8-2-1-3-9(16)7(8)6-11(20)18-14-17-10(13(23)19-14)4-5-12(21)22/h1-3,10H,4-6H2,(H,21,22)(H2,17,18,19,20,23)/t10-/m0/s1. The number of nitrogens with one attached hydrogen (secondary N) is 2. The Kier molecular flexibility index (Phi) is 5.57. The highest BCUT2D eigenvalue weighted by atomic mass is 35.5. The van der Waals surface area contributed by atoms with Crippen molar-refractivity contribution in [1.82, 2.24) is 10.6 Å². The summed E-state index contributed by atoms with van der Waals surface area (Å²) < 4.78 is 0. The Balaban J connectivity index is 1.96. The van der Waals surface area contributed by atoms with Gasteiger partial charge in [0.2, 0.25) is 11.9 Å². The Morgan fingerprint density at radius 1 is 1.30 bits per heavy atom. The summed E-state index contributed by atoms with van der Waals surface area (Å²) in [7, 11) is 0. The number of carbonyl (C=O) groups excluding carboxylic acids is 2. The summed E-state index contributed by atoms with van der Waals surface area (Å²) >= 11 is 12.0. The number of rotatable bonds is 5. The molecule has 0 saturated carbocycles. The number of guanidine groups is 1. The predicted octanol–water partition coefficient (Wildman–Crippen LogP) is 1.37. The van der Waals surface area contributed by atoms with Crippen molar-refractivity contribution in [3.05, 3.63) is 33.8 Å². The molecule has 0 unspecified atom stereocenters. The number of nitrogens with zero attached hydrogens (tertiary/aromatic N) is 1. The Morgan fingerprint density at radius 3 is 2.57 bits per heavy atom. The number of aliphatic imine (C=N–C) groups is 1. The second-order valence-electron chi connectivity index (χ2n) is 4.84. The Hall–Kier alpha value is -2.12. The fourth-order valence-corrected chi connectivity index (χ4v) is 2.54. The highest BCUT2D eigenvalue weighted by Gasteiger charge is 2.27. The van der Waals surface area contributed by atoms with E-state index < -0.39 is 23.8 Å². The van der Waals surface area contributed by atoms with Crippen molar-refractivity contribution >= 4 is 46.9 Å². The van der Waals surface area contributed by atoms with Gasteiger partial charge in [-0.05, 0) is 24.1 Å². The molecular weight excluding hydrogens is 345 g/mol. The molecule has 0 aromatic heterocycles. The lowest BCUT2D eigenvalue weighted by atomic mass is 10.1. The molecule has 23 heavy (non-hydrogen) atoms. The third kappa shape index (κ3) is 4.67. The molecule has 1 atom stereocenters. The molecule has 0 fully saturated rings. The van der Waals surface area contributed by atoms with Crippen molar-refractivity contribution < 1.29 is 19.5 Å². The van der Waals surface area contributed by atoms with E-state index in [9.17, 15) is 14.4 Å². The van der Waals surface area contributed by atoms with E-state index in [4.69, 9.17) is 28.3 Å². The van der Waals surface area contributed by atoms with Gasteiger partial charge in [0.15, 0.2) is 0 Å². The van der Waals surface area contributed by atoms with Crippen molar-refractivity contribution in [3.8, 4) is 0 Å². The van der Waals surface area contributed by atoms with Crippen LogP contribution in [-0.4, -0.2) is 34.9 Å². The molecule has 1 aromatic carbocycles. The van der Waals surface area contributed by atoms with Gasteiger partial charge in [-0.1, -0.05) is 29.3 Å². The molecule has 1 heterocycles. The van der Waals surface area contributed by atoms with Gasteiger partial charge < -0.3 is 5.11 Å². The van der Waals surface area contributed by atoms with Crippen molar-refractivity contribution in [3.63, 3.8) is 0 Å². The molecule has 0 radical (unpaired) electrons. The van der Waals surface area contributed by atoms with Crippen LogP contribution in [0.3, 0.4) is 0 Å². The van der Waals surface area contributed by atoms with Gasteiger partial charge in [0.25, 0.3) is 5.91 Å². The first kappa shape index (κ1) is 17.2. The number of carboxylic acids is 1. The molecule has 1 aromatic rings. The first-order valence-electron chi connectivity index (χ1n) is 6.70. The van der Waals surface area contributed by atoms with Crippen LogP contribution in [0.4, 0.5) is 0 Å². The fraction of sp³-hybridized carbons (Fsp3) is 0.286. The van der Waals surface area contributed by atoms with Gasteiger partial charge in [0.1, 0.15) is 6.04 Å². The van der Waals surface area contributed by atoms with E-state index in [1.807, 2.05) is 0 Å². The topological polar surface area (TPSA) is 108 Å². The maximum Gasteiger partial charge on any atom is 0.303 e. The lowest BCUT2D eigenvalue weighted by Gasteiger charge is -2.07. The number of hydrogen-bond acceptors (Lipinski definition) is 4. The van der Waals surface area contributed by atoms with Gasteiger partial charge in [0, 0.05) is 16.5 Å². The van der Waals surface area contributed by atoms with Crippen LogP contribution < -0.4 is 10.6 Å². The maximum absolute atomic E-state index is 12.0. The lowest BCUT2D eigenvalue weighted by molar-refractivity contribution is -0.137. The van der Waals surface area contributed by atoms with Crippen molar-refractivity contribution in [2.45, 2.75) is 25.3 Å². The maximum atomic E-state index is 12.0. The minimum absolute atomic E-state index is 0.00133. The van der Waals surface area contributed by atoms with Crippen LogP contribution in [0.2, 0.25) is 10.0 Å². The number of carbonyl (C=O) groups is 3. The molecule has 2 amide bonds. The summed E-state index contributed by atoms with van der Waals surface area (Å²) in [5, 5.41) is 14.2. The van der Waals surface area contributed by atoms with E-state index >= 15 is 0 Å². The van der Waals surface area contributed by atoms with Crippen LogP contribution >= 0.6 is 23.2 Å².